The van der Waals surface area contributed by atoms with Crippen LogP contribution in [0.5, 0.6) is 0 Å². The van der Waals surface area contributed by atoms with Crippen LogP contribution in [0.2, 0.25) is 0 Å². The molecule has 0 spiro atoms. The fourth-order valence-corrected chi connectivity index (χ4v) is 4.76. The van der Waals surface area contributed by atoms with Gasteiger partial charge in [-0.2, -0.15) is 0 Å². The van der Waals surface area contributed by atoms with Gasteiger partial charge in [-0.1, -0.05) is 24.6 Å². The number of pyridine rings is 1. The zero-order valence-corrected chi connectivity index (χ0v) is 21.3. The monoisotopic (exact) mass is 492 g/mol. The van der Waals surface area contributed by atoms with Crippen LogP contribution < -0.4 is 10.6 Å². The van der Waals surface area contributed by atoms with Crippen LogP contribution in [0.4, 0.5) is 17.3 Å². The molecular weight excluding hydrogens is 460 g/mol. The van der Waals surface area contributed by atoms with Crippen molar-refractivity contribution in [2.45, 2.75) is 32.1 Å². The second kappa shape index (κ2) is 11.3. The highest BCUT2D eigenvalue weighted by Crippen LogP contribution is 2.27. The molecule has 2 N–H and O–H groups in total. The Balaban J connectivity index is 1.27. The topological polar surface area (TPSA) is 83.0 Å². The molecular formula is C30H32N6O. The van der Waals surface area contributed by atoms with Gasteiger partial charge in [0.15, 0.2) is 0 Å². The third-order valence-corrected chi connectivity index (χ3v) is 6.87. The van der Waals surface area contributed by atoms with Crippen LogP contribution in [0.3, 0.4) is 0 Å². The minimum absolute atomic E-state index is 0.130. The molecule has 1 aliphatic heterocycles. The van der Waals surface area contributed by atoms with Gasteiger partial charge in [0.25, 0.3) is 5.91 Å². The average Bonchev–Trinajstić information content (AvgIpc) is 3.15. The number of likely N-dealkylation sites (N-methyl/N-ethyl adjacent to an activating group) is 1. The number of amides is 1. The lowest BCUT2D eigenvalue weighted by Crippen LogP contribution is -2.23. The van der Waals surface area contributed by atoms with E-state index in [1.165, 1.54) is 24.8 Å². The van der Waals surface area contributed by atoms with E-state index in [1.807, 2.05) is 55.5 Å². The molecule has 1 amide bonds. The normalized spacial score (nSPS) is 16.1. The molecule has 0 saturated carbocycles. The number of carbonyl (C=O) groups is 1. The minimum atomic E-state index is -0.130. The highest BCUT2D eigenvalue weighted by Gasteiger charge is 2.18. The zero-order chi connectivity index (χ0) is 25.6. The summed E-state index contributed by atoms with van der Waals surface area (Å²) in [5.74, 6) is 0.871. The van der Waals surface area contributed by atoms with Gasteiger partial charge >= 0.3 is 0 Å². The Labute approximate surface area is 218 Å². The van der Waals surface area contributed by atoms with Crippen molar-refractivity contribution < 1.29 is 4.79 Å². The van der Waals surface area contributed by atoms with Gasteiger partial charge in [0.1, 0.15) is 0 Å². The zero-order valence-electron chi connectivity index (χ0n) is 21.3. The summed E-state index contributed by atoms with van der Waals surface area (Å²) in [6.07, 6.45) is 8.93. The molecule has 3 heterocycles. The number of aryl methyl sites for hydroxylation is 1. The van der Waals surface area contributed by atoms with Gasteiger partial charge in [-0.3, -0.25) is 9.78 Å². The fraction of sp³-hybridized carbons (Fsp3) is 0.267. The lowest BCUT2D eigenvalue weighted by Gasteiger charge is -2.20. The Morgan fingerprint density at radius 2 is 1.89 bits per heavy atom. The second-order valence-corrected chi connectivity index (χ2v) is 9.69. The van der Waals surface area contributed by atoms with Gasteiger partial charge in [-0.15, -0.1) is 0 Å². The van der Waals surface area contributed by atoms with Crippen molar-refractivity contribution in [1.29, 1.82) is 0 Å². The molecule has 2 aromatic heterocycles. The van der Waals surface area contributed by atoms with E-state index in [9.17, 15) is 4.79 Å². The molecule has 37 heavy (non-hydrogen) atoms. The van der Waals surface area contributed by atoms with Crippen LogP contribution in [-0.2, 0) is 0 Å². The molecule has 1 atom stereocenters. The van der Waals surface area contributed by atoms with Gasteiger partial charge in [-0.05, 0) is 92.9 Å². The first-order valence-corrected chi connectivity index (χ1v) is 12.8. The van der Waals surface area contributed by atoms with E-state index in [1.54, 1.807) is 18.6 Å². The van der Waals surface area contributed by atoms with E-state index in [2.05, 4.69) is 49.7 Å². The third-order valence-electron chi connectivity index (χ3n) is 6.87. The number of hydrogen-bond acceptors (Lipinski definition) is 6. The number of nitrogens with zero attached hydrogens (tertiary/aromatic N) is 4. The Morgan fingerprint density at radius 3 is 2.70 bits per heavy atom. The molecule has 7 nitrogen and oxygen atoms in total. The summed E-state index contributed by atoms with van der Waals surface area (Å²) in [6.45, 7) is 4.23. The van der Waals surface area contributed by atoms with E-state index in [0.717, 1.165) is 35.6 Å². The number of likely N-dealkylation sites (tertiary alicyclic amines) is 1. The summed E-state index contributed by atoms with van der Waals surface area (Å²) in [5.41, 5.74) is 6.21. The predicted octanol–water partition coefficient (Wildman–Crippen LogP) is 6.04. The SMILES string of the molecule is Cc1ccc(NC(=O)c2ccc(C3CCCCN(C)C3)cc2)cc1Nc1nccc(-c2cccnc2)n1. The number of nitrogens with one attached hydrogen (secondary N) is 2. The first-order chi connectivity index (χ1) is 18.0. The molecule has 7 heteroatoms. The standard InChI is InChI=1S/C30H32N6O/c1-21-8-13-26(18-28(21)35-30-32-16-14-27(34-30)24-7-5-15-31-19-24)33-29(37)23-11-9-22(10-12-23)25-6-3-4-17-36(2)20-25/h5,7-16,18-19,25H,3-4,6,17,20H2,1-2H3,(H,33,37)(H,32,34,35). The Morgan fingerprint density at radius 1 is 1.03 bits per heavy atom. The van der Waals surface area contributed by atoms with Crippen LogP contribution >= 0.6 is 0 Å². The molecule has 0 radical (unpaired) electrons. The molecule has 4 aromatic rings. The van der Waals surface area contributed by atoms with Crippen molar-refractivity contribution in [2.24, 2.45) is 0 Å². The summed E-state index contributed by atoms with van der Waals surface area (Å²) in [4.78, 5) is 28.5. The van der Waals surface area contributed by atoms with Crippen molar-refractivity contribution in [3.8, 4) is 11.3 Å². The van der Waals surface area contributed by atoms with Crippen molar-refractivity contribution in [3.63, 3.8) is 0 Å². The van der Waals surface area contributed by atoms with Crippen molar-refractivity contribution >= 4 is 23.2 Å². The lowest BCUT2D eigenvalue weighted by molar-refractivity contribution is 0.102. The van der Waals surface area contributed by atoms with Crippen molar-refractivity contribution in [2.75, 3.05) is 30.8 Å². The molecule has 1 aliphatic rings. The molecule has 2 aromatic carbocycles. The molecule has 5 rings (SSSR count). The number of aromatic nitrogens is 3. The summed E-state index contributed by atoms with van der Waals surface area (Å²) in [6, 6.07) is 19.5. The van der Waals surface area contributed by atoms with Crippen LogP contribution in [0.1, 0.15) is 46.7 Å². The number of rotatable bonds is 6. The van der Waals surface area contributed by atoms with Crippen molar-refractivity contribution in [1.82, 2.24) is 19.9 Å². The first kappa shape index (κ1) is 24.6. The number of hydrogen-bond donors (Lipinski definition) is 2. The summed E-state index contributed by atoms with van der Waals surface area (Å²) in [5, 5.41) is 6.32. The number of anilines is 3. The highest BCUT2D eigenvalue weighted by atomic mass is 16.1. The van der Waals surface area contributed by atoms with Gasteiger partial charge < -0.3 is 15.5 Å². The minimum Gasteiger partial charge on any atom is -0.324 e. The largest absolute Gasteiger partial charge is 0.324 e. The van der Waals surface area contributed by atoms with Crippen LogP contribution in [0.25, 0.3) is 11.3 Å². The van der Waals surface area contributed by atoms with E-state index >= 15 is 0 Å². The second-order valence-electron chi connectivity index (χ2n) is 9.69. The van der Waals surface area contributed by atoms with Crippen LogP contribution in [-0.4, -0.2) is 45.9 Å². The van der Waals surface area contributed by atoms with Gasteiger partial charge in [0, 0.05) is 47.6 Å². The molecule has 0 bridgehead atoms. The average molecular weight is 493 g/mol. The highest BCUT2D eigenvalue weighted by molar-refractivity contribution is 6.04. The maximum absolute atomic E-state index is 13.0. The van der Waals surface area contributed by atoms with Gasteiger partial charge in [-0.25, -0.2) is 9.97 Å². The third kappa shape index (κ3) is 6.19. The van der Waals surface area contributed by atoms with Crippen LogP contribution in [0.15, 0.2) is 79.3 Å². The smallest absolute Gasteiger partial charge is 0.255 e. The van der Waals surface area contributed by atoms with E-state index < -0.39 is 0 Å². The van der Waals surface area contributed by atoms with E-state index in [0.29, 0.717) is 23.1 Å². The Hall–Kier alpha value is -4.10. The maximum Gasteiger partial charge on any atom is 0.255 e. The maximum atomic E-state index is 13.0. The predicted molar refractivity (Wildman–Crippen MR) is 148 cm³/mol. The summed E-state index contributed by atoms with van der Waals surface area (Å²) in [7, 11) is 2.19. The molecule has 1 fully saturated rings. The Bertz CT molecular complexity index is 1360. The van der Waals surface area contributed by atoms with Gasteiger partial charge in [0.2, 0.25) is 5.95 Å². The van der Waals surface area contributed by atoms with Gasteiger partial charge in [0.05, 0.1) is 5.69 Å². The first-order valence-electron chi connectivity index (χ1n) is 12.8. The van der Waals surface area contributed by atoms with Crippen LogP contribution in [0, 0.1) is 6.92 Å². The fourth-order valence-electron chi connectivity index (χ4n) is 4.76. The quantitative estimate of drug-likeness (QED) is 0.341. The molecule has 188 valence electrons. The summed E-state index contributed by atoms with van der Waals surface area (Å²) < 4.78 is 0. The molecule has 1 saturated heterocycles. The lowest BCUT2D eigenvalue weighted by atomic mass is 9.93. The molecule has 0 aliphatic carbocycles. The summed E-state index contributed by atoms with van der Waals surface area (Å²) >= 11 is 0. The van der Waals surface area contributed by atoms with E-state index in [4.69, 9.17) is 0 Å². The van der Waals surface area contributed by atoms with Crippen molar-refractivity contribution in [3.05, 3.63) is 95.9 Å². The number of benzene rings is 2. The molecule has 1 unspecified atom stereocenters. The Kier molecular flexibility index (Phi) is 7.51. The number of carbonyl (C=O) groups excluding carboxylic acids is 1. The van der Waals surface area contributed by atoms with E-state index in [-0.39, 0.29) is 5.91 Å².